The molecule has 0 spiro atoms. The van der Waals surface area contributed by atoms with Gasteiger partial charge in [0.05, 0.1) is 22.1 Å². The van der Waals surface area contributed by atoms with Crippen LogP contribution in [0.25, 0.3) is 120 Å². The van der Waals surface area contributed by atoms with Gasteiger partial charge in [0, 0.05) is 70.2 Å². The second-order valence-electron chi connectivity index (χ2n) is 19.7. The Morgan fingerprint density at radius 1 is 0.224 bits per heavy atom. The smallest absolute Gasteiger partial charge is 0.0547 e. The molecule has 12 aromatic carbocycles. The van der Waals surface area contributed by atoms with Crippen LogP contribution in [0, 0.1) is 0 Å². The molecule has 3 nitrogen and oxygen atoms in total. The van der Waals surface area contributed by atoms with Crippen molar-refractivity contribution in [1.82, 2.24) is 9.13 Å². The van der Waals surface area contributed by atoms with Crippen molar-refractivity contribution in [3.05, 3.63) is 285 Å². The highest BCUT2D eigenvalue weighted by Gasteiger charge is 2.20. The molecule has 0 saturated heterocycles. The molecule has 0 fully saturated rings. The Labute approximate surface area is 444 Å². The summed E-state index contributed by atoms with van der Waals surface area (Å²) in [6.07, 6.45) is 0. The number of hydrogen-bond acceptors (Lipinski definition) is 2. The summed E-state index contributed by atoms with van der Waals surface area (Å²) < 4.78 is 7.39. The van der Waals surface area contributed by atoms with Gasteiger partial charge in [-0.3, -0.25) is 0 Å². The standard InChI is InChI=1S/C72H47N3S/c1-5-19-48(20-6-1)54-42-55(44-60(43-54)73(56-21-7-2-8-22-56)59-35-38-72-66(47-59)64-29-15-18-32-71(64)76-72)53-40-51(49-34-37-69-65(45-49)62-28-14-17-31-68(62)74(69)57-23-9-3-10-24-57)39-52(41-53)50-33-36-63-61-27-13-16-30-67(61)75(70(63)46-50)58-25-11-4-12-26-58/h1-47H. The molecule has 0 aliphatic heterocycles. The van der Waals surface area contributed by atoms with Crippen LogP contribution in [0.15, 0.2) is 285 Å². The first kappa shape index (κ1) is 43.8. The average Bonchev–Trinajstić information content (AvgIpc) is 4.17. The van der Waals surface area contributed by atoms with E-state index in [0.717, 1.165) is 72.9 Å². The van der Waals surface area contributed by atoms with Gasteiger partial charge in [-0.15, -0.1) is 11.3 Å². The lowest BCUT2D eigenvalue weighted by molar-refractivity contribution is 1.18. The number of anilines is 3. The van der Waals surface area contributed by atoms with Gasteiger partial charge >= 0.3 is 0 Å². The van der Waals surface area contributed by atoms with Crippen LogP contribution in [0.1, 0.15) is 0 Å². The van der Waals surface area contributed by atoms with Crippen molar-refractivity contribution >= 4 is 92.2 Å². The van der Waals surface area contributed by atoms with Gasteiger partial charge in [0.25, 0.3) is 0 Å². The first-order valence-corrected chi connectivity index (χ1v) is 26.8. The van der Waals surface area contributed by atoms with Crippen molar-refractivity contribution < 1.29 is 0 Å². The van der Waals surface area contributed by atoms with Crippen molar-refractivity contribution in [2.75, 3.05) is 4.90 Å². The maximum atomic E-state index is 2.43. The average molecular weight is 986 g/mol. The molecule has 4 heteroatoms. The minimum absolute atomic E-state index is 1.08. The van der Waals surface area contributed by atoms with E-state index in [0.29, 0.717) is 0 Å². The zero-order chi connectivity index (χ0) is 50.1. The van der Waals surface area contributed by atoms with E-state index in [2.05, 4.69) is 299 Å². The molecule has 0 radical (unpaired) electrons. The van der Waals surface area contributed by atoms with Crippen molar-refractivity contribution in [2.45, 2.75) is 0 Å². The van der Waals surface area contributed by atoms with Crippen molar-refractivity contribution in [1.29, 1.82) is 0 Å². The number of nitrogens with zero attached hydrogens (tertiary/aromatic N) is 3. The van der Waals surface area contributed by atoms with Crippen LogP contribution in [0.2, 0.25) is 0 Å². The Kier molecular flexibility index (Phi) is 10.4. The molecule has 15 rings (SSSR count). The van der Waals surface area contributed by atoms with Gasteiger partial charge in [-0.1, -0.05) is 158 Å². The molecule has 76 heavy (non-hydrogen) atoms. The number of thiophene rings is 1. The summed E-state index contributed by atoms with van der Waals surface area (Å²) in [6, 6.07) is 105. The highest BCUT2D eigenvalue weighted by atomic mass is 32.1. The Morgan fingerprint density at radius 3 is 1.36 bits per heavy atom. The summed E-state index contributed by atoms with van der Waals surface area (Å²) in [7, 11) is 0. The molecule has 0 unspecified atom stereocenters. The van der Waals surface area contributed by atoms with Crippen LogP contribution in [0.3, 0.4) is 0 Å². The topological polar surface area (TPSA) is 13.1 Å². The summed E-state index contributed by atoms with van der Waals surface area (Å²) in [5.74, 6) is 0. The molecule has 3 aromatic heterocycles. The molecular weight excluding hydrogens is 939 g/mol. The largest absolute Gasteiger partial charge is 0.310 e. The Hall–Kier alpha value is -9.74. The lowest BCUT2D eigenvalue weighted by atomic mass is 9.91. The molecule has 0 aliphatic carbocycles. The maximum Gasteiger partial charge on any atom is 0.0547 e. The summed E-state index contributed by atoms with van der Waals surface area (Å²) >= 11 is 1.85. The van der Waals surface area contributed by atoms with E-state index in [-0.39, 0.29) is 0 Å². The quantitative estimate of drug-likeness (QED) is 0.140. The van der Waals surface area contributed by atoms with Crippen molar-refractivity contribution in [3.63, 3.8) is 0 Å². The van der Waals surface area contributed by atoms with Gasteiger partial charge < -0.3 is 14.0 Å². The van der Waals surface area contributed by atoms with E-state index >= 15 is 0 Å². The fourth-order valence-corrected chi connectivity index (χ4v) is 12.8. The van der Waals surface area contributed by atoms with Crippen molar-refractivity contribution in [3.8, 4) is 55.9 Å². The number of aromatic nitrogens is 2. The van der Waals surface area contributed by atoms with Crippen LogP contribution < -0.4 is 4.90 Å². The maximum absolute atomic E-state index is 2.43. The highest BCUT2D eigenvalue weighted by molar-refractivity contribution is 7.25. The predicted molar refractivity (Wildman–Crippen MR) is 324 cm³/mol. The molecule has 356 valence electrons. The molecule has 3 heterocycles. The zero-order valence-corrected chi connectivity index (χ0v) is 42.2. The third-order valence-corrected chi connectivity index (χ3v) is 16.4. The van der Waals surface area contributed by atoms with Gasteiger partial charge in [-0.25, -0.2) is 0 Å². The number of fused-ring (bicyclic) bond motifs is 9. The molecule has 0 aliphatic rings. The second-order valence-corrected chi connectivity index (χ2v) is 20.8. The van der Waals surface area contributed by atoms with Gasteiger partial charge in [0.1, 0.15) is 0 Å². The molecule has 15 aromatic rings. The zero-order valence-electron chi connectivity index (χ0n) is 41.4. The number of hydrogen-bond donors (Lipinski definition) is 0. The molecule has 0 N–H and O–H groups in total. The Bertz CT molecular complexity index is 4680. The van der Waals surface area contributed by atoms with Crippen LogP contribution in [-0.2, 0) is 0 Å². The summed E-state index contributed by atoms with van der Waals surface area (Å²) in [6.45, 7) is 0. The fraction of sp³-hybridized carbons (Fsp3) is 0. The third kappa shape index (κ3) is 7.41. The first-order chi connectivity index (χ1) is 37.7. The van der Waals surface area contributed by atoms with Crippen LogP contribution in [0.4, 0.5) is 17.1 Å². The highest BCUT2D eigenvalue weighted by Crippen LogP contribution is 2.45. The van der Waals surface area contributed by atoms with Gasteiger partial charge in [0.2, 0.25) is 0 Å². The minimum atomic E-state index is 1.08. The predicted octanol–water partition coefficient (Wildman–Crippen LogP) is 20.4. The Balaban J connectivity index is 0.979. The lowest BCUT2D eigenvalue weighted by Gasteiger charge is -2.27. The van der Waals surface area contributed by atoms with E-state index in [1.54, 1.807) is 0 Å². The number of benzene rings is 12. The van der Waals surface area contributed by atoms with Crippen LogP contribution in [0.5, 0.6) is 0 Å². The third-order valence-electron chi connectivity index (χ3n) is 15.2. The SMILES string of the molecule is c1ccc(-c2cc(-c3cc(-c4ccc5c(c4)c4ccccc4n5-c4ccccc4)cc(-c4ccc5c6ccccc6n(-c6ccccc6)c5c4)c3)cc(N(c3ccccc3)c3ccc4sc5ccccc5c4c3)c2)cc1. The summed E-state index contributed by atoms with van der Waals surface area (Å²) in [5.41, 5.74) is 19.5. The molecule has 0 amide bonds. The summed E-state index contributed by atoms with van der Waals surface area (Å²) in [4.78, 5) is 2.43. The van der Waals surface area contributed by atoms with Crippen LogP contribution in [-0.4, -0.2) is 9.13 Å². The molecule has 0 saturated carbocycles. The number of rotatable bonds is 9. The first-order valence-electron chi connectivity index (χ1n) is 26.0. The second kappa shape index (κ2) is 18.0. The normalized spacial score (nSPS) is 11.7. The minimum Gasteiger partial charge on any atom is -0.310 e. The molecule has 0 bridgehead atoms. The number of para-hydroxylation sites is 5. The van der Waals surface area contributed by atoms with E-state index in [1.807, 2.05) is 11.3 Å². The van der Waals surface area contributed by atoms with E-state index in [1.165, 1.54) is 63.8 Å². The van der Waals surface area contributed by atoms with E-state index in [4.69, 9.17) is 0 Å². The lowest BCUT2D eigenvalue weighted by Crippen LogP contribution is -2.10. The van der Waals surface area contributed by atoms with Gasteiger partial charge in [0.15, 0.2) is 0 Å². The van der Waals surface area contributed by atoms with Crippen molar-refractivity contribution in [2.24, 2.45) is 0 Å². The van der Waals surface area contributed by atoms with E-state index in [9.17, 15) is 0 Å². The van der Waals surface area contributed by atoms with Gasteiger partial charge in [-0.05, 0) is 172 Å². The Morgan fingerprint density at radius 2 is 0.684 bits per heavy atom. The molecule has 0 atom stereocenters. The molecular formula is C72H47N3S. The van der Waals surface area contributed by atoms with Crippen LogP contribution >= 0.6 is 11.3 Å². The fourth-order valence-electron chi connectivity index (χ4n) is 11.7. The monoisotopic (exact) mass is 985 g/mol. The summed E-state index contributed by atoms with van der Waals surface area (Å²) in [5, 5.41) is 7.47. The van der Waals surface area contributed by atoms with E-state index < -0.39 is 0 Å². The van der Waals surface area contributed by atoms with Gasteiger partial charge in [-0.2, -0.15) is 0 Å².